The normalized spacial score (nSPS) is 12.0. The molecule has 8 heteroatoms. The van der Waals surface area contributed by atoms with Gasteiger partial charge in [0.2, 0.25) is 11.7 Å². The molecule has 1 N–H and O–H groups in total. The third kappa shape index (κ3) is 4.42. The molecule has 3 rings (SSSR count). The molecule has 26 heavy (non-hydrogen) atoms. The van der Waals surface area contributed by atoms with E-state index in [9.17, 15) is 4.79 Å². The zero-order valence-electron chi connectivity index (χ0n) is 14.4. The minimum atomic E-state index is -0.615. The van der Waals surface area contributed by atoms with Crippen molar-refractivity contribution in [3.63, 3.8) is 0 Å². The molecule has 0 bridgehead atoms. The van der Waals surface area contributed by atoms with Crippen LogP contribution in [0.3, 0.4) is 0 Å². The predicted octanol–water partition coefficient (Wildman–Crippen LogP) is 4.23. The van der Waals surface area contributed by atoms with Crippen LogP contribution in [0, 0.1) is 6.92 Å². The molecule has 0 aliphatic carbocycles. The summed E-state index contributed by atoms with van der Waals surface area (Å²) in [5.41, 5.74) is 0.895. The molecule has 1 unspecified atom stereocenters. The minimum Gasteiger partial charge on any atom is -0.481 e. The fourth-order valence-electron chi connectivity index (χ4n) is 2.29. The van der Waals surface area contributed by atoms with Crippen LogP contribution in [0.15, 0.2) is 40.2 Å². The lowest BCUT2D eigenvalue weighted by Crippen LogP contribution is -2.37. The molecule has 6 nitrogen and oxygen atoms in total. The van der Waals surface area contributed by atoms with Gasteiger partial charge in [-0.15, -0.1) is 11.3 Å². The summed E-state index contributed by atoms with van der Waals surface area (Å²) in [5, 5.41) is 9.29. The van der Waals surface area contributed by atoms with Crippen LogP contribution in [-0.2, 0) is 11.3 Å². The maximum atomic E-state index is 12.4. The highest BCUT2D eigenvalue weighted by Gasteiger charge is 2.19. The number of aryl methyl sites for hydroxylation is 1. The fourth-order valence-corrected chi connectivity index (χ4v) is 3.05. The Morgan fingerprint density at radius 3 is 2.96 bits per heavy atom. The molecule has 2 aromatic heterocycles. The number of aromatic nitrogens is 2. The highest BCUT2D eigenvalue weighted by Crippen LogP contribution is 2.23. The van der Waals surface area contributed by atoms with Gasteiger partial charge in [0.05, 0.1) is 11.4 Å². The fraction of sp³-hybridized carbons (Fsp3) is 0.278. The molecule has 0 saturated carbocycles. The van der Waals surface area contributed by atoms with Gasteiger partial charge in [0, 0.05) is 5.02 Å². The average Bonchev–Trinajstić information content (AvgIpc) is 3.31. The minimum absolute atomic E-state index is 0.150. The molecule has 0 aliphatic rings. The van der Waals surface area contributed by atoms with E-state index < -0.39 is 6.10 Å². The summed E-state index contributed by atoms with van der Waals surface area (Å²) in [7, 11) is 0. The number of benzene rings is 1. The second kappa shape index (κ2) is 8.33. The molecular formula is C18H18ClN3O3S. The monoisotopic (exact) mass is 391 g/mol. The van der Waals surface area contributed by atoms with Crippen LogP contribution < -0.4 is 10.1 Å². The Kier molecular flexibility index (Phi) is 5.90. The number of hydrogen-bond acceptors (Lipinski definition) is 6. The van der Waals surface area contributed by atoms with Crippen molar-refractivity contribution in [2.75, 3.05) is 0 Å². The SMILES string of the molecule is CCC(Oc1ccc(Cl)c(C)c1)C(=O)NCc1nc(-c2cccs2)no1. The van der Waals surface area contributed by atoms with Gasteiger partial charge in [0.15, 0.2) is 6.10 Å². The smallest absolute Gasteiger partial charge is 0.261 e. The summed E-state index contributed by atoms with van der Waals surface area (Å²) in [6.45, 7) is 3.92. The first-order chi connectivity index (χ1) is 12.6. The molecule has 0 spiro atoms. The molecule has 1 atom stereocenters. The van der Waals surface area contributed by atoms with Crippen molar-refractivity contribution in [3.8, 4) is 16.5 Å². The van der Waals surface area contributed by atoms with E-state index in [1.54, 1.807) is 12.1 Å². The lowest BCUT2D eigenvalue weighted by atomic mass is 10.2. The van der Waals surface area contributed by atoms with Crippen LogP contribution in [0.5, 0.6) is 5.75 Å². The molecular weight excluding hydrogens is 374 g/mol. The van der Waals surface area contributed by atoms with Gasteiger partial charge in [-0.3, -0.25) is 4.79 Å². The average molecular weight is 392 g/mol. The van der Waals surface area contributed by atoms with E-state index in [0.29, 0.717) is 28.9 Å². The molecule has 0 fully saturated rings. The van der Waals surface area contributed by atoms with Crippen molar-refractivity contribution in [1.29, 1.82) is 0 Å². The number of nitrogens with zero attached hydrogens (tertiary/aromatic N) is 2. The van der Waals surface area contributed by atoms with Gasteiger partial charge in [-0.1, -0.05) is 29.7 Å². The Hall–Kier alpha value is -2.38. The molecule has 136 valence electrons. The summed E-state index contributed by atoms with van der Waals surface area (Å²) in [5.74, 6) is 1.23. The van der Waals surface area contributed by atoms with E-state index in [-0.39, 0.29) is 12.5 Å². The van der Waals surface area contributed by atoms with E-state index in [1.165, 1.54) is 11.3 Å². The zero-order valence-corrected chi connectivity index (χ0v) is 15.9. The highest BCUT2D eigenvalue weighted by atomic mass is 35.5. The number of carbonyl (C=O) groups is 1. The number of hydrogen-bond donors (Lipinski definition) is 1. The van der Waals surface area contributed by atoms with Gasteiger partial charge in [-0.2, -0.15) is 4.98 Å². The van der Waals surface area contributed by atoms with Gasteiger partial charge in [-0.25, -0.2) is 0 Å². The summed E-state index contributed by atoms with van der Waals surface area (Å²) in [6, 6.07) is 9.13. The van der Waals surface area contributed by atoms with E-state index >= 15 is 0 Å². The number of ether oxygens (including phenoxy) is 1. The Bertz CT molecular complexity index is 880. The molecule has 0 saturated heterocycles. The number of rotatable bonds is 7. The molecule has 2 heterocycles. The number of carbonyl (C=O) groups excluding carboxylic acids is 1. The van der Waals surface area contributed by atoms with Crippen molar-refractivity contribution in [3.05, 3.63) is 52.2 Å². The molecule has 1 amide bonds. The maximum Gasteiger partial charge on any atom is 0.261 e. The predicted molar refractivity (Wildman–Crippen MR) is 100 cm³/mol. The second-order valence-corrected chi connectivity index (χ2v) is 6.99. The van der Waals surface area contributed by atoms with Crippen molar-refractivity contribution in [2.24, 2.45) is 0 Å². The van der Waals surface area contributed by atoms with Gasteiger partial charge >= 0.3 is 0 Å². The second-order valence-electron chi connectivity index (χ2n) is 5.63. The first-order valence-corrected chi connectivity index (χ1v) is 9.39. The number of halogens is 1. The van der Waals surface area contributed by atoms with Gasteiger partial charge in [0.1, 0.15) is 5.75 Å². The molecule has 0 radical (unpaired) electrons. The van der Waals surface area contributed by atoms with Crippen molar-refractivity contribution in [2.45, 2.75) is 32.9 Å². The molecule has 1 aromatic carbocycles. The van der Waals surface area contributed by atoms with Gasteiger partial charge < -0.3 is 14.6 Å². The van der Waals surface area contributed by atoms with E-state index in [4.69, 9.17) is 20.9 Å². The maximum absolute atomic E-state index is 12.4. The van der Waals surface area contributed by atoms with E-state index in [2.05, 4.69) is 15.5 Å². The van der Waals surface area contributed by atoms with Crippen molar-refractivity contribution >= 4 is 28.8 Å². The summed E-state index contributed by atoms with van der Waals surface area (Å²) in [4.78, 5) is 17.6. The zero-order chi connectivity index (χ0) is 18.5. The van der Waals surface area contributed by atoms with Crippen molar-refractivity contribution in [1.82, 2.24) is 15.5 Å². The Morgan fingerprint density at radius 2 is 2.27 bits per heavy atom. The first kappa shape index (κ1) is 18.4. The Labute approximate surface area is 160 Å². The highest BCUT2D eigenvalue weighted by molar-refractivity contribution is 7.13. The van der Waals surface area contributed by atoms with Crippen LogP contribution in [-0.4, -0.2) is 22.2 Å². The van der Waals surface area contributed by atoms with E-state index in [1.807, 2.05) is 37.4 Å². The number of nitrogens with one attached hydrogen (secondary N) is 1. The first-order valence-electron chi connectivity index (χ1n) is 8.13. The summed E-state index contributed by atoms with van der Waals surface area (Å²) in [6.07, 6.45) is -0.0899. The quantitative estimate of drug-likeness (QED) is 0.652. The Balaban J connectivity index is 1.58. The number of amides is 1. The van der Waals surface area contributed by atoms with Crippen LogP contribution in [0.4, 0.5) is 0 Å². The largest absolute Gasteiger partial charge is 0.481 e. The van der Waals surface area contributed by atoms with Crippen LogP contribution in [0.25, 0.3) is 10.7 Å². The summed E-state index contributed by atoms with van der Waals surface area (Å²) >= 11 is 7.54. The van der Waals surface area contributed by atoms with Crippen molar-refractivity contribution < 1.29 is 14.1 Å². The third-order valence-corrected chi connectivity index (χ3v) is 4.98. The molecule has 3 aromatic rings. The van der Waals surface area contributed by atoms with E-state index in [0.717, 1.165) is 10.4 Å². The number of thiophene rings is 1. The third-order valence-electron chi connectivity index (χ3n) is 3.69. The molecule has 0 aliphatic heterocycles. The van der Waals surface area contributed by atoms with Gasteiger partial charge in [-0.05, 0) is 48.6 Å². The Morgan fingerprint density at radius 1 is 1.42 bits per heavy atom. The lowest BCUT2D eigenvalue weighted by Gasteiger charge is -2.17. The topological polar surface area (TPSA) is 77.2 Å². The standard InChI is InChI=1S/C18H18ClN3O3S/c1-3-14(24-12-6-7-13(19)11(2)9-12)18(23)20-10-16-21-17(22-25-16)15-5-4-8-26-15/h4-9,14H,3,10H2,1-2H3,(H,20,23). The van der Waals surface area contributed by atoms with Crippen LogP contribution >= 0.6 is 22.9 Å². The summed E-state index contributed by atoms with van der Waals surface area (Å²) < 4.78 is 11.0. The van der Waals surface area contributed by atoms with Crippen LogP contribution in [0.1, 0.15) is 24.8 Å². The van der Waals surface area contributed by atoms with Crippen LogP contribution in [0.2, 0.25) is 5.02 Å². The van der Waals surface area contributed by atoms with Gasteiger partial charge in [0.25, 0.3) is 5.91 Å². The lowest BCUT2D eigenvalue weighted by molar-refractivity contribution is -0.128.